The van der Waals surface area contributed by atoms with Crippen LogP contribution in [0.3, 0.4) is 0 Å². The van der Waals surface area contributed by atoms with Crippen molar-refractivity contribution in [2.45, 2.75) is 31.2 Å². The second-order valence-electron chi connectivity index (χ2n) is 8.34. The van der Waals surface area contributed by atoms with E-state index >= 15 is 8.78 Å². The average Bonchev–Trinajstić information content (AvgIpc) is 3.03. The van der Waals surface area contributed by atoms with Gasteiger partial charge < -0.3 is 10.3 Å². The van der Waals surface area contributed by atoms with Crippen molar-refractivity contribution in [1.82, 2.24) is 15.3 Å². The van der Waals surface area contributed by atoms with Gasteiger partial charge >= 0.3 is 0 Å². The van der Waals surface area contributed by atoms with Crippen LogP contribution in [0.25, 0.3) is 22.4 Å². The number of aromatic nitrogens is 2. The Balaban J connectivity index is 0.00000109. The van der Waals surface area contributed by atoms with E-state index in [1.165, 1.54) is 18.9 Å². The lowest BCUT2D eigenvalue weighted by atomic mass is 10.0. The summed E-state index contributed by atoms with van der Waals surface area (Å²) in [5.41, 5.74) is 3.32. The lowest BCUT2D eigenvalue weighted by Gasteiger charge is -2.13. The number of halogens is 5. The number of hydrogen-bond donors (Lipinski definition) is 2. The van der Waals surface area contributed by atoms with Crippen molar-refractivity contribution >= 4 is 40.7 Å². The van der Waals surface area contributed by atoms with Crippen LogP contribution in [0.5, 0.6) is 0 Å². The first-order chi connectivity index (χ1) is 13.5. The van der Waals surface area contributed by atoms with E-state index in [0.29, 0.717) is 21.0 Å². The summed E-state index contributed by atoms with van der Waals surface area (Å²) in [5.74, 6) is -2.10. The molecule has 3 aromatic rings. The van der Waals surface area contributed by atoms with E-state index in [1.807, 2.05) is 6.07 Å². The van der Waals surface area contributed by atoms with E-state index in [-0.39, 0.29) is 42.0 Å². The van der Waals surface area contributed by atoms with E-state index in [9.17, 15) is 0 Å². The second kappa shape index (κ2) is 7.30. The smallest absolute Gasteiger partial charge is 0.299 e. The Morgan fingerprint density at radius 3 is 2.40 bits per heavy atom. The summed E-state index contributed by atoms with van der Waals surface area (Å²) in [5, 5.41) is 3.54. The van der Waals surface area contributed by atoms with Crippen molar-refractivity contribution in [1.29, 1.82) is 0 Å². The van der Waals surface area contributed by atoms with E-state index < -0.39 is 5.92 Å². The minimum absolute atomic E-state index is 0. The highest BCUT2D eigenvalue weighted by Gasteiger charge is 2.49. The first kappa shape index (κ1) is 21.8. The second-order valence-corrected chi connectivity index (χ2v) is 9.26. The number of rotatable bonds is 2. The Morgan fingerprint density at radius 1 is 1.00 bits per heavy atom. The van der Waals surface area contributed by atoms with Crippen molar-refractivity contribution in [3.05, 3.63) is 64.0 Å². The van der Waals surface area contributed by atoms with Crippen LogP contribution in [0.15, 0.2) is 47.1 Å². The van der Waals surface area contributed by atoms with Crippen LogP contribution in [0.1, 0.15) is 42.3 Å². The molecule has 3 aliphatic rings. The number of benzene rings is 2. The molecular formula is C22H20BrCl2F2N3. The van der Waals surface area contributed by atoms with Gasteiger partial charge in [0.25, 0.3) is 5.92 Å². The highest BCUT2D eigenvalue weighted by molar-refractivity contribution is 9.10. The number of hydrogen-bond acceptors (Lipinski definition) is 2. The van der Waals surface area contributed by atoms with Crippen LogP contribution in [0.2, 0.25) is 0 Å². The maximum atomic E-state index is 15.1. The van der Waals surface area contributed by atoms with Crippen LogP contribution in [0.4, 0.5) is 8.78 Å². The van der Waals surface area contributed by atoms with Gasteiger partial charge in [0, 0.05) is 27.7 Å². The normalized spacial score (nSPS) is 21.5. The molecule has 6 rings (SSSR count). The largest absolute Gasteiger partial charge is 0.341 e. The number of nitrogens with zero attached hydrogens (tertiary/aromatic N) is 1. The van der Waals surface area contributed by atoms with Gasteiger partial charge in [-0.15, -0.1) is 24.8 Å². The van der Waals surface area contributed by atoms with E-state index in [0.717, 1.165) is 30.0 Å². The molecule has 158 valence electrons. The van der Waals surface area contributed by atoms with Crippen LogP contribution in [-0.4, -0.2) is 16.5 Å². The van der Waals surface area contributed by atoms with Crippen LogP contribution in [-0.2, 0) is 5.92 Å². The molecule has 1 aromatic heterocycles. The molecule has 2 aliphatic carbocycles. The molecule has 1 spiro atoms. The van der Waals surface area contributed by atoms with Crippen LogP contribution >= 0.6 is 40.7 Å². The molecule has 1 saturated heterocycles. The molecule has 8 heteroatoms. The molecule has 0 radical (unpaired) electrons. The summed E-state index contributed by atoms with van der Waals surface area (Å²) in [4.78, 5) is 7.90. The molecule has 2 heterocycles. The number of nitrogens with one attached hydrogen (secondary N) is 2. The van der Waals surface area contributed by atoms with Gasteiger partial charge in [0.2, 0.25) is 0 Å². The third-order valence-electron chi connectivity index (χ3n) is 6.52. The van der Waals surface area contributed by atoms with Crippen molar-refractivity contribution < 1.29 is 8.78 Å². The first-order valence-corrected chi connectivity index (χ1v) is 10.4. The summed E-state index contributed by atoms with van der Waals surface area (Å²) < 4.78 is 30.8. The summed E-state index contributed by atoms with van der Waals surface area (Å²) in [6, 6.07) is 10.6. The lowest BCUT2D eigenvalue weighted by Crippen LogP contribution is -2.15. The number of alkyl halides is 2. The molecule has 0 amide bonds. The Hall–Kier alpha value is -1.47. The monoisotopic (exact) mass is 513 g/mol. The zero-order chi connectivity index (χ0) is 19.1. The average molecular weight is 515 g/mol. The van der Waals surface area contributed by atoms with Gasteiger partial charge in [-0.1, -0.05) is 34.1 Å². The summed E-state index contributed by atoms with van der Waals surface area (Å²) >= 11 is 3.31. The fraction of sp³-hybridized carbons (Fsp3) is 0.318. The maximum Gasteiger partial charge on any atom is 0.299 e. The molecule has 1 atom stereocenters. The zero-order valence-electron chi connectivity index (χ0n) is 15.8. The number of H-pyrrole nitrogens is 1. The van der Waals surface area contributed by atoms with Gasteiger partial charge in [0.05, 0.1) is 17.9 Å². The standard InChI is InChI=1S/C22H18BrF2N3.2ClH/c23-13-2-4-15-14-3-1-12(7-16(14)22(24,25)17(15)8-13)19-10-26-20(28-19)18-9-21(5-6-21)11-27-18;;/h1-4,7-8,10,18,27H,5-6,9,11H2,(H,26,28);2*1H. The predicted molar refractivity (Wildman–Crippen MR) is 122 cm³/mol. The quantitative estimate of drug-likeness (QED) is 0.403. The molecule has 1 aliphatic heterocycles. The summed E-state index contributed by atoms with van der Waals surface area (Å²) in [6.45, 7) is 1.05. The van der Waals surface area contributed by atoms with Gasteiger partial charge in [-0.3, -0.25) is 0 Å². The highest BCUT2D eigenvalue weighted by atomic mass is 79.9. The van der Waals surface area contributed by atoms with E-state index in [1.54, 1.807) is 30.5 Å². The summed E-state index contributed by atoms with van der Waals surface area (Å²) in [7, 11) is 0. The van der Waals surface area contributed by atoms with Gasteiger partial charge in [-0.25, -0.2) is 4.98 Å². The molecule has 30 heavy (non-hydrogen) atoms. The van der Waals surface area contributed by atoms with Crippen LogP contribution < -0.4 is 5.32 Å². The molecule has 1 unspecified atom stereocenters. The Labute approximate surface area is 194 Å². The predicted octanol–water partition coefficient (Wildman–Crippen LogP) is 6.62. The maximum absolute atomic E-state index is 15.1. The van der Waals surface area contributed by atoms with Crippen molar-refractivity contribution in [3.63, 3.8) is 0 Å². The minimum atomic E-state index is -3.00. The molecule has 1 saturated carbocycles. The Kier molecular flexibility index (Phi) is 5.29. The fourth-order valence-corrected chi connectivity index (χ4v) is 5.05. The zero-order valence-corrected chi connectivity index (χ0v) is 19.1. The van der Waals surface area contributed by atoms with Crippen LogP contribution in [0, 0.1) is 5.41 Å². The van der Waals surface area contributed by atoms with Crippen molar-refractivity contribution in [2.24, 2.45) is 5.41 Å². The Morgan fingerprint density at radius 2 is 1.70 bits per heavy atom. The third kappa shape index (κ3) is 3.20. The minimum Gasteiger partial charge on any atom is -0.341 e. The van der Waals surface area contributed by atoms with Crippen molar-refractivity contribution in [2.75, 3.05) is 6.54 Å². The summed E-state index contributed by atoms with van der Waals surface area (Å²) in [6.07, 6.45) is 5.45. The van der Waals surface area contributed by atoms with Gasteiger partial charge in [-0.05, 0) is 54.0 Å². The first-order valence-electron chi connectivity index (χ1n) is 9.57. The highest BCUT2D eigenvalue weighted by Crippen LogP contribution is 2.55. The lowest BCUT2D eigenvalue weighted by molar-refractivity contribution is 0.0480. The number of imidazole rings is 1. The van der Waals surface area contributed by atoms with Gasteiger partial charge in [0.1, 0.15) is 5.82 Å². The Bertz CT molecular complexity index is 1130. The molecule has 3 nitrogen and oxygen atoms in total. The molecular weight excluding hydrogens is 495 g/mol. The number of aromatic amines is 1. The molecule has 0 bridgehead atoms. The topological polar surface area (TPSA) is 40.7 Å². The third-order valence-corrected chi connectivity index (χ3v) is 7.02. The van der Waals surface area contributed by atoms with E-state index in [2.05, 4.69) is 31.2 Å². The van der Waals surface area contributed by atoms with E-state index in [4.69, 9.17) is 0 Å². The molecule has 2 fully saturated rings. The van der Waals surface area contributed by atoms with Gasteiger partial charge in [-0.2, -0.15) is 8.78 Å². The SMILES string of the molecule is Cl.Cl.FC1(F)c2cc(Br)ccc2-c2ccc(-c3cnc(C4CC5(CC5)CN4)[nH]3)cc21. The van der Waals surface area contributed by atoms with Gasteiger partial charge in [0.15, 0.2) is 0 Å². The van der Waals surface area contributed by atoms with Crippen molar-refractivity contribution in [3.8, 4) is 22.4 Å². The fourth-order valence-electron chi connectivity index (χ4n) is 4.69. The number of fused-ring (bicyclic) bond motifs is 3. The molecule has 2 aromatic carbocycles. The molecule has 2 N–H and O–H groups in total.